The summed E-state index contributed by atoms with van der Waals surface area (Å²) in [6.45, 7) is 1.94. The number of anilines is 1. The lowest BCUT2D eigenvalue weighted by Crippen LogP contribution is -2.44. The number of halogens is 1. The molecule has 1 aromatic heterocycles. The molecule has 0 aliphatic carbocycles. The number of nitrogens with one attached hydrogen (secondary N) is 1. The van der Waals surface area contributed by atoms with E-state index in [0.717, 1.165) is 27.5 Å². The lowest BCUT2D eigenvalue weighted by molar-refractivity contribution is -0.748. The van der Waals surface area contributed by atoms with Crippen molar-refractivity contribution in [3.8, 4) is 6.07 Å². The van der Waals surface area contributed by atoms with E-state index < -0.39 is 0 Å². The van der Waals surface area contributed by atoms with E-state index in [1.165, 1.54) is 0 Å². The smallest absolute Gasteiger partial charge is 0.262 e. The average molecular weight is 389 g/mol. The Labute approximate surface area is 147 Å². The van der Waals surface area contributed by atoms with Crippen LogP contribution in [0.3, 0.4) is 0 Å². The molecule has 0 saturated carbocycles. The predicted octanol–water partition coefficient (Wildman–Crippen LogP) is 3.45. The lowest BCUT2D eigenvalue weighted by Gasteiger charge is -2.10. The van der Waals surface area contributed by atoms with Gasteiger partial charge in [-0.05, 0) is 30.0 Å². The molecule has 1 aliphatic rings. The van der Waals surface area contributed by atoms with Gasteiger partial charge in [0.1, 0.15) is 17.2 Å². The molecule has 0 fully saturated rings. The number of fused-ring (bicyclic) bond motifs is 1. The molecular weight excluding hydrogens is 374 g/mol. The van der Waals surface area contributed by atoms with Crippen molar-refractivity contribution in [2.24, 2.45) is 0 Å². The molecular formula is C17H15BrN3OS+. The van der Waals surface area contributed by atoms with Gasteiger partial charge in [0.05, 0.1) is 11.1 Å². The number of nitriles is 1. The van der Waals surface area contributed by atoms with Crippen LogP contribution in [-0.2, 0) is 0 Å². The Kier molecular flexibility index (Phi) is 4.69. The summed E-state index contributed by atoms with van der Waals surface area (Å²) in [5.74, 6) is 0.718. The number of aromatic nitrogens is 1. The number of benzene rings is 1. The van der Waals surface area contributed by atoms with Crippen LogP contribution in [0, 0.1) is 18.3 Å². The van der Waals surface area contributed by atoms with E-state index in [0.29, 0.717) is 11.1 Å². The monoisotopic (exact) mass is 388 g/mol. The Hall–Kier alpha value is -1.84. The molecule has 1 atom stereocenters. The van der Waals surface area contributed by atoms with Crippen LogP contribution in [-0.4, -0.2) is 17.0 Å². The maximum atomic E-state index is 12.6. The molecule has 0 saturated heterocycles. The Morgan fingerprint density at radius 3 is 2.87 bits per heavy atom. The maximum absolute atomic E-state index is 12.6. The minimum Gasteiger partial charge on any atom is -0.322 e. The third kappa shape index (κ3) is 2.99. The highest BCUT2D eigenvalue weighted by atomic mass is 79.9. The number of rotatable bonds is 3. The van der Waals surface area contributed by atoms with Gasteiger partial charge in [-0.15, -0.1) is 0 Å². The summed E-state index contributed by atoms with van der Waals surface area (Å²) in [4.78, 5) is 12.6. The fourth-order valence-electron chi connectivity index (χ4n) is 2.70. The first-order valence-electron chi connectivity index (χ1n) is 7.20. The van der Waals surface area contributed by atoms with Crippen molar-refractivity contribution in [3.05, 3.63) is 53.2 Å². The molecule has 1 N–H and O–H groups in total. The van der Waals surface area contributed by atoms with Crippen LogP contribution in [0.1, 0.15) is 27.7 Å². The number of pyridine rings is 1. The molecule has 2 aromatic rings. The highest BCUT2D eigenvalue weighted by Gasteiger charge is 2.37. The minimum atomic E-state index is -0.189. The SMILES string of the molecule is Cc1c(C(=O)Nc2ccccc2)cc(C#N)c2[n+]1[C@@H](CBr)CS2. The minimum absolute atomic E-state index is 0.189. The van der Waals surface area contributed by atoms with Crippen LogP contribution in [0.25, 0.3) is 0 Å². The van der Waals surface area contributed by atoms with Crippen LogP contribution < -0.4 is 9.88 Å². The first-order chi connectivity index (χ1) is 11.2. The zero-order chi connectivity index (χ0) is 16.4. The first-order valence-corrected chi connectivity index (χ1v) is 9.30. The molecule has 4 nitrogen and oxygen atoms in total. The predicted molar refractivity (Wildman–Crippen MR) is 94.0 cm³/mol. The molecule has 2 heterocycles. The van der Waals surface area contributed by atoms with Gasteiger partial charge in [0.15, 0.2) is 11.7 Å². The first kappa shape index (κ1) is 16.0. The van der Waals surface area contributed by atoms with Crippen molar-refractivity contribution in [3.63, 3.8) is 0 Å². The molecule has 6 heteroatoms. The number of hydrogen-bond acceptors (Lipinski definition) is 3. The molecule has 0 spiro atoms. The lowest BCUT2D eigenvalue weighted by atomic mass is 10.1. The number of carbonyl (C=O) groups is 1. The summed E-state index contributed by atoms with van der Waals surface area (Å²) in [7, 11) is 0. The molecule has 0 bridgehead atoms. The molecule has 116 valence electrons. The molecule has 3 rings (SSSR count). The van der Waals surface area contributed by atoms with E-state index >= 15 is 0 Å². The van der Waals surface area contributed by atoms with Crippen LogP contribution in [0.4, 0.5) is 5.69 Å². The topological polar surface area (TPSA) is 56.8 Å². The van der Waals surface area contributed by atoms with Gasteiger partial charge in [0.25, 0.3) is 10.9 Å². The van der Waals surface area contributed by atoms with Gasteiger partial charge in [-0.1, -0.05) is 34.1 Å². The highest BCUT2D eigenvalue weighted by molar-refractivity contribution is 9.09. The van der Waals surface area contributed by atoms with E-state index in [1.807, 2.05) is 37.3 Å². The van der Waals surface area contributed by atoms with E-state index in [4.69, 9.17) is 0 Å². The number of hydrogen-bond donors (Lipinski definition) is 1. The van der Waals surface area contributed by atoms with Gasteiger partial charge in [0, 0.05) is 12.6 Å². The van der Waals surface area contributed by atoms with Gasteiger partial charge in [-0.2, -0.15) is 9.83 Å². The second-order valence-electron chi connectivity index (χ2n) is 5.28. The van der Waals surface area contributed by atoms with Crippen LogP contribution >= 0.6 is 27.7 Å². The van der Waals surface area contributed by atoms with Gasteiger partial charge in [-0.25, -0.2) is 0 Å². The molecule has 0 unspecified atom stereocenters. The van der Waals surface area contributed by atoms with E-state index in [2.05, 4.69) is 31.9 Å². The third-order valence-corrected chi connectivity index (χ3v) is 5.83. The number of para-hydroxylation sites is 1. The molecule has 1 aliphatic heterocycles. The zero-order valence-corrected chi connectivity index (χ0v) is 14.9. The van der Waals surface area contributed by atoms with Gasteiger partial charge in [-0.3, -0.25) is 4.79 Å². The summed E-state index contributed by atoms with van der Waals surface area (Å²) in [5, 5.41) is 14.1. The Bertz CT molecular complexity index is 802. The number of carbonyl (C=O) groups excluding carboxylic acids is 1. The van der Waals surface area contributed by atoms with E-state index in [1.54, 1.807) is 17.8 Å². The molecule has 1 amide bonds. The van der Waals surface area contributed by atoms with Crippen LogP contribution in [0.2, 0.25) is 0 Å². The maximum Gasteiger partial charge on any atom is 0.262 e. The second-order valence-corrected chi connectivity index (χ2v) is 6.94. The normalized spacial score (nSPS) is 15.8. The number of alkyl halides is 1. The van der Waals surface area contributed by atoms with Crippen LogP contribution in [0.15, 0.2) is 41.4 Å². The molecule has 23 heavy (non-hydrogen) atoms. The third-order valence-electron chi connectivity index (χ3n) is 3.84. The summed E-state index contributed by atoms with van der Waals surface area (Å²) >= 11 is 5.19. The molecule has 1 aromatic carbocycles. The van der Waals surface area contributed by atoms with Crippen molar-refractivity contribution < 1.29 is 9.36 Å². The Morgan fingerprint density at radius 2 is 2.22 bits per heavy atom. The summed E-state index contributed by atoms with van der Waals surface area (Å²) < 4.78 is 2.11. The standard InChI is InChI=1S/C17H14BrN3OS/c1-11-15(16(22)20-13-5-3-2-4-6-13)7-12(9-19)17-21(11)14(8-18)10-23-17/h2-7,14H,8,10H2,1H3/p+1/t14-/m0/s1. The van der Waals surface area contributed by atoms with E-state index in [-0.39, 0.29) is 11.9 Å². The van der Waals surface area contributed by atoms with Crippen molar-refractivity contribution in [1.29, 1.82) is 5.26 Å². The summed E-state index contributed by atoms with van der Waals surface area (Å²) in [5.41, 5.74) is 2.74. The quantitative estimate of drug-likeness (QED) is 0.646. The van der Waals surface area contributed by atoms with E-state index in [9.17, 15) is 10.1 Å². The van der Waals surface area contributed by atoms with Gasteiger partial charge >= 0.3 is 0 Å². The molecule has 0 radical (unpaired) electrons. The van der Waals surface area contributed by atoms with Gasteiger partial charge < -0.3 is 5.32 Å². The van der Waals surface area contributed by atoms with Crippen molar-refractivity contribution in [2.45, 2.75) is 18.0 Å². The van der Waals surface area contributed by atoms with Gasteiger partial charge in [0.2, 0.25) is 0 Å². The summed E-state index contributed by atoms with van der Waals surface area (Å²) in [6.07, 6.45) is 0. The highest BCUT2D eigenvalue weighted by Crippen LogP contribution is 2.32. The second kappa shape index (κ2) is 6.73. The Balaban J connectivity index is 2.03. The number of nitrogens with zero attached hydrogens (tertiary/aromatic N) is 2. The average Bonchev–Trinajstić information content (AvgIpc) is 3.01. The fourth-order valence-corrected chi connectivity index (χ4v) is 4.83. The van der Waals surface area contributed by atoms with Crippen molar-refractivity contribution in [1.82, 2.24) is 0 Å². The van der Waals surface area contributed by atoms with Crippen molar-refractivity contribution in [2.75, 3.05) is 16.4 Å². The van der Waals surface area contributed by atoms with Crippen molar-refractivity contribution >= 4 is 39.3 Å². The zero-order valence-electron chi connectivity index (χ0n) is 12.5. The Morgan fingerprint density at radius 1 is 1.48 bits per heavy atom. The summed E-state index contributed by atoms with van der Waals surface area (Å²) in [6, 6.07) is 13.5. The number of thioether (sulfide) groups is 1. The fraction of sp³-hybridized carbons (Fsp3) is 0.235. The largest absolute Gasteiger partial charge is 0.322 e. The van der Waals surface area contributed by atoms with Crippen LogP contribution in [0.5, 0.6) is 0 Å². The number of amides is 1.